The van der Waals surface area contributed by atoms with E-state index in [1.54, 1.807) is 23.1 Å². The zero-order valence-corrected chi connectivity index (χ0v) is 45.7. The average Bonchev–Trinajstić information content (AvgIpc) is 3.33. The number of ether oxygens (including phenoxy) is 2. The molecule has 0 radical (unpaired) electrons. The van der Waals surface area contributed by atoms with E-state index in [0.717, 1.165) is 32.4 Å². The van der Waals surface area contributed by atoms with Crippen LogP contribution < -0.4 is 11.5 Å². The number of nitrogens with two attached hydrogens (primary N) is 2. The van der Waals surface area contributed by atoms with Gasteiger partial charge in [0.15, 0.2) is 0 Å². The molecule has 0 aliphatic carbocycles. The highest BCUT2D eigenvalue weighted by Crippen LogP contribution is 2.28. The van der Waals surface area contributed by atoms with Gasteiger partial charge in [0.25, 0.3) is 0 Å². The Morgan fingerprint density at radius 2 is 0.947 bits per heavy atom. The number of nitrogens with zero attached hydrogens (tertiary/aromatic N) is 5. The maximum absolute atomic E-state index is 13.9. The summed E-state index contributed by atoms with van der Waals surface area (Å²) >= 11 is 0. The Morgan fingerprint density at radius 1 is 0.618 bits per heavy atom. The Hall–Kier alpha value is -6.41. The summed E-state index contributed by atoms with van der Waals surface area (Å²) in [6.07, 6.45) is -2.47. The van der Waals surface area contributed by atoms with Crippen LogP contribution in [0.25, 0.3) is 0 Å². The van der Waals surface area contributed by atoms with Crippen molar-refractivity contribution in [3.8, 4) is 0 Å². The first-order valence-electron chi connectivity index (χ1n) is 25.1. The molecule has 19 heteroatoms. The van der Waals surface area contributed by atoms with Crippen LogP contribution in [0.15, 0.2) is 97.1 Å². The zero-order chi connectivity index (χ0) is 57.1. The van der Waals surface area contributed by atoms with Crippen molar-refractivity contribution in [2.75, 3.05) is 47.8 Å². The van der Waals surface area contributed by atoms with Gasteiger partial charge in [0, 0.05) is 57.8 Å². The number of carboxylic acid groups (broad SMARTS) is 1. The molecule has 0 aromatic heterocycles. The lowest BCUT2D eigenvalue weighted by Crippen LogP contribution is -2.50. The van der Waals surface area contributed by atoms with E-state index < -0.39 is 29.4 Å². The van der Waals surface area contributed by atoms with E-state index in [9.17, 15) is 31.9 Å². The predicted octanol–water partition coefficient (Wildman–Crippen LogP) is 8.27. The maximum Gasteiger partial charge on any atom is 0.490 e. The molecule has 0 fully saturated rings. The fourth-order valence-corrected chi connectivity index (χ4v) is 8.86. The number of alkyl halides is 3. The van der Waals surface area contributed by atoms with Crippen molar-refractivity contribution in [2.45, 2.75) is 135 Å². The van der Waals surface area contributed by atoms with E-state index in [-0.39, 0.29) is 48.5 Å². The lowest BCUT2D eigenvalue weighted by atomic mass is 9.92. The summed E-state index contributed by atoms with van der Waals surface area (Å²) < 4.78 is 56.6. The summed E-state index contributed by atoms with van der Waals surface area (Å²) in [5, 5.41) is 7.12. The van der Waals surface area contributed by atoms with Crippen molar-refractivity contribution in [3.05, 3.63) is 142 Å². The highest BCUT2D eigenvalue weighted by atomic mass is 19.4. The van der Waals surface area contributed by atoms with Gasteiger partial charge < -0.3 is 45.5 Å². The van der Waals surface area contributed by atoms with E-state index in [2.05, 4.69) is 52.3 Å². The van der Waals surface area contributed by atoms with E-state index >= 15 is 0 Å². The molecule has 3 amide bonds. The van der Waals surface area contributed by atoms with Crippen LogP contribution >= 0.6 is 0 Å². The minimum atomic E-state index is -5.08. The van der Waals surface area contributed by atoms with Gasteiger partial charge in [-0.2, -0.15) is 13.2 Å². The number of hydrogen-bond donors (Lipinski definition) is 3. The number of rotatable bonds is 9. The van der Waals surface area contributed by atoms with Crippen molar-refractivity contribution in [1.82, 2.24) is 24.5 Å². The van der Waals surface area contributed by atoms with E-state index in [1.165, 1.54) is 39.4 Å². The van der Waals surface area contributed by atoms with Crippen LogP contribution in [0.2, 0.25) is 0 Å². The lowest BCUT2D eigenvalue weighted by Gasteiger charge is -2.39. The van der Waals surface area contributed by atoms with Gasteiger partial charge >= 0.3 is 24.3 Å². The highest BCUT2D eigenvalue weighted by molar-refractivity contribution is 5.78. The molecule has 3 heterocycles. The van der Waals surface area contributed by atoms with Crippen molar-refractivity contribution in [1.29, 1.82) is 0 Å². The minimum Gasteiger partial charge on any atom is -0.475 e. The normalized spacial score (nSPS) is 17.2. The first kappa shape index (κ1) is 63.9. The predicted molar refractivity (Wildman–Crippen MR) is 286 cm³/mol. The molecule has 4 aromatic rings. The van der Waals surface area contributed by atoms with Gasteiger partial charge in [0.05, 0.1) is 12.1 Å². The molecule has 0 unspecified atom stereocenters. The SMILES string of the molecule is C=O.CC(C)(C)OC(=O)N1Cc2ccccc2C[C@H]1CN.CN(C)C[C@@H]1Cc2ccccc2CN1C(=O)C[C@H](N)Cc1ccccc1F.CN(C)C[C@@H]1Cc2ccccc2CN1C(=O)OC(C)(C)C.O=C(O)C(F)(F)F. The molecule has 15 nitrogen and oxygen atoms in total. The number of likely N-dealkylation sites (N-methyl/N-ethyl adjacent to an activating group) is 2. The largest absolute Gasteiger partial charge is 0.490 e. The average molecular weight is 1070 g/mol. The molecule has 0 bridgehead atoms. The minimum absolute atomic E-state index is 0.0183. The van der Waals surface area contributed by atoms with Gasteiger partial charge in [-0.3, -0.25) is 14.6 Å². The molecule has 4 aromatic carbocycles. The molecule has 76 heavy (non-hydrogen) atoms. The fourth-order valence-electron chi connectivity index (χ4n) is 8.86. The molecular formula is C57H79F4N7O8. The third-order valence-electron chi connectivity index (χ3n) is 12.2. The molecular weight excluding hydrogens is 987 g/mol. The van der Waals surface area contributed by atoms with Gasteiger partial charge in [0.2, 0.25) is 5.91 Å². The first-order chi connectivity index (χ1) is 35.5. The number of amides is 3. The Balaban J connectivity index is 0.000000281. The number of carbonyl (C=O) groups excluding carboxylic acids is 4. The highest BCUT2D eigenvalue weighted by Gasteiger charge is 2.38. The van der Waals surface area contributed by atoms with Gasteiger partial charge in [-0.05, 0) is 140 Å². The van der Waals surface area contributed by atoms with Crippen LogP contribution in [0.3, 0.4) is 0 Å². The molecule has 7 rings (SSSR count). The van der Waals surface area contributed by atoms with Gasteiger partial charge in [-0.1, -0.05) is 91.0 Å². The van der Waals surface area contributed by atoms with E-state index in [1.807, 2.05) is 117 Å². The Bertz CT molecular complexity index is 2500. The summed E-state index contributed by atoms with van der Waals surface area (Å²) in [4.78, 5) is 64.4. The topological polar surface area (TPSA) is 192 Å². The number of halogens is 4. The summed E-state index contributed by atoms with van der Waals surface area (Å²) in [6, 6.07) is 31.3. The molecule has 418 valence electrons. The van der Waals surface area contributed by atoms with E-state index in [0.29, 0.717) is 38.2 Å². The third kappa shape index (κ3) is 21.0. The van der Waals surface area contributed by atoms with Gasteiger partial charge in [-0.25, -0.2) is 18.8 Å². The second-order valence-electron chi connectivity index (χ2n) is 21.4. The van der Waals surface area contributed by atoms with Gasteiger partial charge in [0.1, 0.15) is 23.8 Å². The molecule has 5 N–H and O–H groups in total. The summed E-state index contributed by atoms with van der Waals surface area (Å²) in [7, 11) is 8.11. The summed E-state index contributed by atoms with van der Waals surface area (Å²) in [6.45, 7) is 17.3. The molecule has 0 spiro atoms. The molecule has 3 aliphatic rings. The monoisotopic (exact) mass is 1070 g/mol. The smallest absolute Gasteiger partial charge is 0.475 e. The Morgan fingerprint density at radius 3 is 1.30 bits per heavy atom. The van der Waals surface area contributed by atoms with Crippen molar-refractivity contribution in [3.63, 3.8) is 0 Å². The number of benzene rings is 4. The molecule has 4 atom stereocenters. The first-order valence-corrected chi connectivity index (χ1v) is 25.1. The van der Waals surface area contributed by atoms with Crippen molar-refractivity contribution < 1.29 is 56.1 Å². The number of carboxylic acids is 1. The summed E-state index contributed by atoms with van der Waals surface area (Å²) in [5.74, 6) is -2.98. The van der Waals surface area contributed by atoms with E-state index in [4.69, 9.17) is 35.6 Å². The van der Waals surface area contributed by atoms with Crippen molar-refractivity contribution >= 4 is 30.9 Å². The Kier molecular flexibility index (Phi) is 24.5. The van der Waals surface area contributed by atoms with Gasteiger partial charge in [-0.15, -0.1) is 0 Å². The Labute approximate surface area is 446 Å². The summed E-state index contributed by atoms with van der Waals surface area (Å²) in [5.41, 5.74) is 19.1. The molecule has 0 saturated heterocycles. The van der Waals surface area contributed by atoms with Crippen molar-refractivity contribution in [2.24, 2.45) is 11.5 Å². The second kappa shape index (κ2) is 29.2. The number of hydrogen-bond acceptors (Lipinski definition) is 11. The van der Waals surface area contributed by atoms with Crippen LogP contribution in [-0.2, 0) is 69.2 Å². The van der Waals surface area contributed by atoms with Crippen LogP contribution in [0, 0.1) is 5.82 Å². The van der Waals surface area contributed by atoms with Crippen LogP contribution in [0.4, 0.5) is 27.2 Å². The second-order valence-corrected chi connectivity index (χ2v) is 21.4. The van der Waals surface area contributed by atoms with Crippen LogP contribution in [0.1, 0.15) is 86.9 Å². The number of fused-ring (bicyclic) bond motifs is 3. The van der Waals surface area contributed by atoms with Crippen LogP contribution in [0.5, 0.6) is 0 Å². The fraction of sp³-hybridized carbons (Fsp3) is 0.491. The quantitative estimate of drug-likeness (QED) is 0.136. The standard InChI is InChI=1S/C22H28FN3O.C17H26N2O2.C15H22N2O2.C2HF3O2.CH2O/c1-25(2)15-20-12-16-7-3-4-9-18(16)14-26(20)22(27)13-19(24)11-17-8-5-6-10-21(17)23;1-17(2,3)21-16(20)19-11-14-9-7-6-8-13(14)10-15(19)12-18(4)5;1-15(2,3)19-14(18)17-10-12-7-5-4-6-11(12)8-13(17)9-16;3-2(4,5)1(6)7;1-2/h3-10,19-20H,11-15,24H2,1-2H3;6-9,15H,10-12H2,1-5H3;4-7,13H,8-10,16H2,1-3H3;(H,6,7);1H2/t19-,20+;15-;13-;;/m100../s1. The lowest BCUT2D eigenvalue weighted by molar-refractivity contribution is -0.192. The zero-order valence-electron chi connectivity index (χ0n) is 45.7. The number of carbonyl (C=O) groups is 5. The van der Waals surface area contributed by atoms with Crippen LogP contribution in [-0.4, -0.2) is 150 Å². The third-order valence-corrected chi connectivity index (χ3v) is 12.2. The molecule has 0 saturated carbocycles. The number of aliphatic carboxylic acids is 1. The molecule has 3 aliphatic heterocycles. The maximum atomic E-state index is 13.9.